The molecule has 0 aromatic heterocycles. The summed E-state index contributed by atoms with van der Waals surface area (Å²) in [6.45, 7) is 0.750. The minimum atomic E-state index is -3.69. The Hall–Kier alpha value is -1.11. The molecule has 3 N–H and O–H groups in total. The average molecular weight is 229 g/mol. The lowest BCUT2D eigenvalue weighted by molar-refractivity contribution is 0.402. The zero-order valence-corrected chi connectivity index (χ0v) is 9.58. The first-order valence-electron chi connectivity index (χ1n) is 4.41. The van der Waals surface area contributed by atoms with Crippen molar-refractivity contribution >= 4 is 15.9 Å². The topological polar surface area (TPSA) is 75.4 Å². The van der Waals surface area contributed by atoms with Gasteiger partial charge in [0, 0.05) is 6.54 Å². The highest BCUT2D eigenvalue weighted by molar-refractivity contribution is 7.90. The number of rotatable bonds is 4. The molecule has 84 valence electrons. The third-order valence-electron chi connectivity index (χ3n) is 1.69. The van der Waals surface area contributed by atoms with Gasteiger partial charge in [-0.2, -0.15) is 8.42 Å². The summed E-state index contributed by atoms with van der Waals surface area (Å²) < 4.78 is 23.8. The highest BCUT2D eigenvalue weighted by Gasteiger charge is 2.03. The fourth-order valence-corrected chi connectivity index (χ4v) is 1.72. The molecule has 5 nitrogen and oxygen atoms in total. The monoisotopic (exact) mass is 229 g/mol. The molecule has 1 aromatic rings. The standard InChI is InChI=1S/C9H15N3O2S/c1-12(2)7-8-4-3-5-9(6-8)11-15(10,13)14/h3-6,11H,7H2,1-2H3,(H2,10,13,14). The number of hydrogen-bond donors (Lipinski definition) is 2. The van der Waals surface area contributed by atoms with Gasteiger partial charge < -0.3 is 4.90 Å². The number of nitrogens with one attached hydrogen (secondary N) is 1. The van der Waals surface area contributed by atoms with Crippen LogP contribution >= 0.6 is 0 Å². The molecule has 0 saturated heterocycles. The minimum absolute atomic E-state index is 0.483. The quantitative estimate of drug-likeness (QED) is 0.783. The van der Waals surface area contributed by atoms with Crippen LogP contribution in [0.5, 0.6) is 0 Å². The molecule has 1 aromatic carbocycles. The first kappa shape index (κ1) is 12.0. The van der Waals surface area contributed by atoms with Gasteiger partial charge in [0.15, 0.2) is 0 Å². The van der Waals surface area contributed by atoms with E-state index >= 15 is 0 Å². The molecule has 1 rings (SSSR count). The van der Waals surface area contributed by atoms with Crippen molar-refractivity contribution in [2.75, 3.05) is 18.8 Å². The summed E-state index contributed by atoms with van der Waals surface area (Å²) in [5.74, 6) is 0. The molecule has 0 aliphatic rings. The van der Waals surface area contributed by atoms with Gasteiger partial charge >= 0.3 is 0 Å². The van der Waals surface area contributed by atoms with Crippen molar-refractivity contribution in [3.63, 3.8) is 0 Å². The Balaban J connectivity index is 2.83. The molecule has 15 heavy (non-hydrogen) atoms. The second-order valence-corrected chi connectivity index (χ2v) is 4.88. The van der Waals surface area contributed by atoms with E-state index in [1.54, 1.807) is 18.2 Å². The van der Waals surface area contributed by atoms with E-state index in [1.807, 2.05) is 25.1 Å². The molecule has 0 unspecified atom stereocenters. The molecule has 0 heterocycles. The Morgan fingerprint density at radius 3 is 2.60 bits per heavy atom. The first-order valence-corrected chi connectivity index (χ1v) is 5.96. The van der Waals surface area contributed by atoms with Crippen LogP contribution < -0.4 is 9.86 Å². The lowest BCUT2D eigenvalue weighted by Crippen LogP contribution is -2.21. The SMILES string of the molecule is CN(C)Cc1cccc(NS(N)(=O)=O)c1. The zero-order chi connectivity index (χ0) is 11.5. The maximum atomic E-state index is 10.8. The van der Waals surface area contributed by atoms with Crippen LogP contribution in [0.2, 0.25) is 0 Å². The molecule has 6 heteroatoms. The van der Waals surface area contributed by atoms with Crippen molar-refractivity contribution in [3.05, 3.63) is 29.8 Å². The summed E-state index contributed by atoms with van der Waals surface area (Å²) in [6.07, 6.45) is 0. The molecule has 0 atom stereocenters. The van der Waals surface area contributed by atoms with Crippen LogP contribution in [0.15, 0.2) is 24.3 Å². The molecular weight excluding hydrogens is 214 g/mol. The second kappa shape index (κ2) is 4.61. The smallest absolute Gasteiger partial charge is 0.296 e. The normalized spacial score (nSPS) is 11.7. The van der Waals surface area contributed by atoms with E-state index in [4.69, 9.17) is 5.14 Å². The molecule has 0 bridgehead atoms. The van der Waals surface area contributed by atoms with Crippen LogP contribution in [0, 0.1) is 0 Å². The lowest BCUT2D eigenvalue weighted by atomic mass is 10.2. The maximum absolute atomic E-state index is 10.8. The van der Waals surface area contributed by atoms with Crippen LogP contribution in [0.4, 0.5) is 5.69 Å². The number of anilines is 1. The third-order valence-corrected chi connectivity index (χ3v) is 2.21. The first-order chi connectivity index (χ1) is 6.87. The fourth-order valence-electron chi connectivity index (χ4n) is 1.26. The van der Waals surface area contributed by atoms with E-state index in [9.17, 15) is 8.42 Å². The van der Waals surface area contributed by atoms with Crippen LogP contribution in [0.25, 0.3) is 0 Å². The van der Waals surface area contributed by atoms with Crippen molar-refractivity contribution in [1.82, 2.24) is 4.90 Å². The number of nitrogens with zero attached hydrogens (tertiary/aromatic N) is 1. The Bertz CT molecular complexity index is 429. The van der Waals surface area contributed by atoms with E-state index < -0.39 is 10.2 Å². The van der Waals surface area contributed by atoms with Gasteiger partial charge in [-0.05, 0) is 31.8 Å². The van der Waals surface area contributed by atoms with E-state index in [1.165, 1.54) is 0 Å². The molecule has 0 radical (unpaired) electrons. The van der Waals surface area contributed by atoms with Crippen molar-refractivity contribution in [3.8, 4) is 0 Å². The van der Waals surface area contributed by atoms with Crippen molar-refractivity contribution in [2.24, 2.45) is 5.14 Å². The predicted molar refractivity (Wildman–Crippen MR) is 60.6 cm³/mol. The molecule has 0 spiro atoms. The largest absolute Gasteiger partial charge is 0.305 e. The summed E-state index contributed by atoms with van der Waals surface area (Å²) in [5, 5.41) is 4.87. The number of nitrogens with two attached hydrogens (primary N) is 1. The van der Waals surface area contributed by atoms with E-state index in [0.29, 0.717) is 5.69 Å². The molecule has 0 amide bonds. The summed E-state index contributed by atoms with van der Waals surface area (Å²) >= 11 is 0. The summed E-state index contributed by atoms with van der Waals surface area (Å²) in [6, 6.07) is 7.12. The van der Waals surface area contributed by atoms with Gasteiger partial charge in [0.05, 0.1) is 5.69 Å². The summed E-state index contributed by atoms with van der Waals surface area (Å²) in [7, 11) is 0.202. The third kappa shape index (κ3) is 4.78. The van der Waals surface area contributed by atoms with E-state index in [0.717, 1.165) is 12.1 Å². The Labute approximate surface area is 90.1 Å². The van der Waals surface area contributed by atoms with Crippen LogP contribution in [-0.2, 0) is 16.8 Å². The summed E-state index contributed by atoms with van der Waals surface area (Å²) in [4.78, 5) is 2.00. The molecular formula is C9H15N3O2S. The van der Waals surface area contributed by atoms with Gasteiger partial charge in [0.25, 0.3) is 10.2 Å². The summed E-state index contributed by atoms with van der Waals surface area (Å²) in [5.41, 5.74) is 1.51. The van der Waals surface area contributed by atoms with Gasteiger partial charge in [-0.15, -0.1) is 0 Å². The van der Waals surface area contributed by atoms with Crippen LogP contribution in [-0.4, -0.2) is 27.4 Å². The van der Waals surface area contributed by atoms with E-state index in [2.05, 4.69) is 4.72 Å². The Kier molecular flexibility index (Phi) is 3.67. The van der Waals surface area contributed by atoms with Gasteiger partial charge in [-0.3, -0.25) is 4.72 Å². The Morgan fingerprint density at radius 1 is 1.40 bits per heavy atom. The second-order valence-electron chi connectivity index (χ2n) is 3.59. The van der Waals surface area contributed by atoms with Crippen LogP contribution in [0.3, 0.4) is 0 Å². The van der Waals surface area contributed by atoms with Crippen LogP contribution in [0.1, 0.15) is 5.56 Å². The molecule has 0 aliphatic carbocycles. The van der Waals surface area contributed by atoms with E-state index in [-0.39, 0.29) is 0 Å². The van der Waals surface area contributed by atoms with Crippen molar-refractivity contribution in [1.29, 1.82) is 0 Å². The van der Waals surface area contributed by atoms with Gasteiger partial charge in [-0.1, -0.05) is 12.1 Å². The minimum Gasteiger partial charge on any atom is -0.305 e. The average Bonchev–Trinajstić information content (AvgIpc) is 1.99. The number of hydrogen-bond acceptors (Lipinski definition) is 3. The van der Waals surface area contributed by atoms with Gasteiger partial charge in [0.1, 0.15) is 0 Å². The molecule has 0 saturated carbocycles. The predicted octanol–water partition coefficient (Wildman–Crippen LogP) is 0.364. The maximum Gasteiger partial charge on any atom is 0.296 e. The Morgan fingerprint density at radius 2 is 2.07 bits per heavy atom. The van der Waals surface area contributed by atoms with Gasteiger partial charge in [0.2, 0.25) is 0 Å². The highest BCUT2D eigenvalue weighted by atomic mass is 32.2. The molecule has 0 aliphatic heterocycles. The fraction of sp³-hybridized carbons (Fsp3) is 0.333. The van der Waals surface area contributed by atoms with Gasteiger partial charge in [-0.25, -0.2) is 5.14 Å². The number of benzene rings is 1. The zero-order valence-electron chi connectivity index (χ0n) is 8.77. The van der Waals surface area contributed by atoms with Crippen molar-refractivity contribution < 1.29 is 8.42 Å². The molecule has 0 fully saturated rings. The lowest BCUT2D eigenvalue weighted by Gasteiger charge is -2.11. The van der Waals surface area contributed by atoms with Crippen molar-refractivity contribution in [2.45, 2.75) is 6.54 Å². The highest BCUT2D eigenvalue weighted by Crippen LogP contribution is 2.12.